The predicted octanol–water partition coefficient (Wildman–Crippen LogP) is 5.32. The van der Waals surface area contributed by atoms with Gasteiger partial charge < -0.3 is 38.6 Å². The van der Waals surface area contributed by atoms with E-state index in [2.05, 4.69) is 89.2 Å². The van der Waals surface area contributed by atoms with Crippen LogP contribution in [0.2, 0.25) is 0 Å². The van der Waals surface area contributed by atoms with Crippen LogP contribution in [0, 0.1) is 28.6 Å². The molecular weight excluding hydrogens is 965 g/mol. The minimum atomic E-state index is -1.06. The number of nitrogens with zero attached hydrogens (tertiary/aromatic N) is 6. The number of hydrogen-bond acceptors (Lipinski definition) is 12. The lowest BCUT2D eigenvalue weighted by atomic mass is 9.84. The second kappa shape index (κ2) is 22.1. The molecule has 4 aromatic rings. The maximum absolute atomic E-state index is 14.9. The van der Waals surface area contributed by atoms with Crippen molar-refractivity contribution in [2.75, 3.05) is 72.9 Å². The molecule has 0 aliphatic carbocycles. The zero-order valence-electron chi connectivity index (χ0n) is 45.2. The number of nitrogens with one attached hydrogen (secondary N) is 2. The molecule has 5 saturated heterocycles. The lowest BCUT2D eigenvalue weighted by molar-refractivity contribution is -0.155. The Kier molecular flexibility index (Phi) is 15.5. The fourth-order valence-corrected chi connectivity index (χ4v) is 12.4. The van der Waals surface area contributed by atoms with Gasteiger partial charge in [-0.15, -0.1) is 0 Å². The maximum atomic E-state index is 14.9. The molecule has 5 fully saturated rings. The molecule has 6 aliphatic rings. The monoisotopic (exact) mass is 1040 g/mol. The Morgan fingerprint density at radius 3 is 2.53 bits per heavy atom. The van der Waals surface area contributed by atoms with Crippen LogP contribution in [0.15, 0.2) is 60.8 Å². The van der Waals surface area contributed by atoms with Gasteiger partial charge in [-0.05, 0) is 104 Å². The zero-order chi connectivity index (χ0) is 53.5. The van der Waals surface area contributed by atoms with Crippen LogP contribution in [0.1, 0.15) is 90.2 Å². The van der Waals surface area contributed by atoms with Gasteiger partial charge in [0.15, 0.2) is 0 Å². The molecule has 6 aliphatic heterocycles. The SMILES string of the molecule is CCn1c(-c2cccnc2[C@H](C)OC)c2c3cc(ccc31)-c1cccc(c1)CC(NC(=O)[C@H](C(C)C)N1CC[C@]3(CCN(C(=O)C#C[C@@H]4COCCN4C4COC4)C3)C1=O)C(=O)N1CCC[C@H](N1)C(=O)OCC(C)(C)C2. The van der Waals surface area contributed by atoms with Gasteiger partial charge in [-0.2, -0.15) is 0 Å². The van der Waals surface area contributed by atoms with Crippen LogP contribution in [0.25, 0.3) is 33.3 Å². The number of cyclic esters (lactones) is 1. The second-order valence-electron chi connectivity index (χ2n) is 22.8. The van der Waals surface area contributed by atoms with Crippen LogP contribution < -0.4 is 10.7 Å². The van der Waals surface area contributed by atoms with Crippen LogP contribution in [-0.2, 0) is 62.3 Å². The van der Waals surface area contributed by atoms with E-state index in [4.69, 9.17) is 23.9 Å². The van der Waals surface area contributed by atoms with E-state index in [-0.39, 0.29) is 55.5 Å². The third-order valence-corrected chi connectivity index (χ3v) is 16.7. The van der Waals surface area contributed by atoms with Crippen LogP contribution in [0.5, 0.6) is 0 Å². The number of pyridine rings is 1. The summed E-state index contributed by atoms with van der Waals surface area (Å²) in [7, 11) is 1.69. The summed E-state index contributed by atoms with van der Waals surface area (Å²) in [5.41, 5.74) is 9.65. The molecule has 2 aromatic heterocycles. The summed E-state index contributed by atoms with van der Waals surface area (Å²) in [6.07, 6.45) is 4.24. The van der Waals surface area contributed by atoms with E-state index in [9.17, 15) is 24.0 Å². The third kappa shape index (κ3) is 10.5. The van der Waals surface area contributed by atoms with Crippen LogP contribution >= 0.6 is 0 Å². The number of benzene rings is 2. The number of carbonyl (C=O) groups excluding carboxylic acids is 5. The van der Waals surface area contributed by atoms with Crippen molar-refractivity contribution in [2.24, 2.45) is 16.7 Å². The summed E-state index contributed by atoms with van der Waals surface area (Å²) in [5, 5.41) is 5.67. The second-order valence-corrected chi connectivity index (χ2v) is 22.8. The minimum Gasteiger partial charge on any atom is -0.464 e. The standard InChI is InChI=1S/C59H74N8O9/c1-8-64-49-18-16-41-30-45(49)46(53(64)44-14-10-22-60-51(44)38(4)73-7)31-58(5,6)36-76-56(71)47-15-11-23-67(62-47)55(70)48(29-39-12-9-13-40(41)28-39)61-54(69)52(37(2)3)66-25-21-59(57(66)72)20-24-63(35-59)50(68)19-17-42-32-74-27-26-65(42)43-33-75-34-43/h9-10,12-14,16,18,22,28,30,37-38,42-43,47-48,52,62H,8,11,15,20-21,23-27,29,31-36H2,1-7H3,(H,61,69)/t38-,42+,47-,48?,52-,59-/m0/s1. The number of likely N-dealkylation sites (tertiary alicyclic amines) is 2. The van der Waals surface area contributed by atoms with Crippen LogP contribution in [0.4, 0.5) is 0 Å². The molecule has 6 atom stereocenters. The Morgan fingerprint density at radius 2 is 1.76 bits per heavy atom. The van der Waals surface area contributed by atoms with Crippen molar-refractivity contribution < 1.29 is 42.9 Å². The van der Waals surface area contributed by atoms with E-state index in [1.807, 2.05) is 39.0 Å². The molecule has 17 nitrogen and oxygen atoms in total. The number of morpholine rings is 1. The van der Waals surface area contributed by atoms with Gasteiger partial charge in [0.05, 0.1) is 68.0 Å². The van der Waals surface area contributed by atoms with Crippen molar-refractivity contribution in [3.63, 3.8) is 0 Å². The van der Waals surface area contributed by atoms with Crippen LogP contribution in [0.3, 0.4) is 0 Å². The zero-order valence-corrected chi connectivity index (χ0v) is 45.2. The van der Waals surface area contributed by atoms with Crippen molar-refractivity contribution in [3.8, 4) is 34.2 Å². The third-order valence-electron chi connectivity index (χ3n) is 16.7. The number of fused-ring (bicyclic) bond motifs is 6. The molecular formula is C59H74N8O9. The number of amides is 4. The average Bonchev–Trinajstić information content (AvgIpc) is 4.09. The molecule has 17 heteroatoms. The number of aromatic nitrogens is 2. The Morgan fingerprint density at radius 1 is 0.961 bits per heavy atom. The molecule has 404 valence electrons. The average molecular weight is 1040 g/mol. The summed E-state index contributed by atoms with van der Waals surface area (Å²) in [5.74, 6) is 3.95. The number of aryl methyl sites for hydroxylation is 1. The van der Waals surface area contributed by atoms with Crippen molar-refractivity contribution in [1.82, 2.24) is 40.0 Å². The van der Waals surface area contributed by atoms with E-state index < -0.39 is 46.7 Å². The van der Waals surface area contributed by atoms with Gasteiger partial charge in [0, 0.05) is 80.9 Å². The number of hydrazine groups is 1. The number of methoxy groups -OCH3 is 1. The van der Waals surface area contributed by atoms with Gasteiger partial charge in [0.1, 0.15) is 18.1 Å². The molecule has 8 heterocycles. The molecule has 2 aromatic carbocycles. The fourth-order valence-electron chi connectivity index (χ4n) is 12.4. The van der Waals surface area contributed by atoms with Gasteiger partial charge in [-0.1, -0.05) is 63.9 Å². The van der Waals surface area contributed by atoms with Gasteiger partial charge in [-0.3, -0.25) is 38.9 Å². The van der Waals surface area contributed by atoms with Gasteiger partial charge >= 0.3 is 5.97 Å². The van der Waals surface area contributed by atoms with Gasteiger partial charge in [-0.25, -0.2) is 5.43 Å². The molecule has 0 saturated carbocycles. The van der Waals surface area contributed by atoms with E-state index in [0.29, 0.717) is 84.7 Å². The lowest BCUT2D eigenvalue weighted by Gasteiger charge is -2.42. The van der Waals surface area contributed by atoms with Crippen LogP contribution in [-0.4, -0.2) is 162 Å². The highest BCUT2D eigenvalue weighted by Crippen LogP contribution is 2.44. The Hall–Kier alpha value is -6.16. The van der Waals surface area contributed by atoms with E-state index in [1.165, 1.54) is 5.01 Å². The number of hydrogen-bond donors (Lipinski definition) is 2. The van der Waals surface area contributed by atoms with Crippen molar-refractivity contribution >= 4 is 40.5 Å². The molecule has 4 amide bonds. The Labute approximate surface area is 446 Å². The normalized spacial score (nSPS) is 25.2. The summed E-state index contributed by atoms with van der Waals surface area (Å²) in [6.45, 7) is 17.3. The first-order valence-electron chi connectivity index (χ1n) is 27.4. The minimum absolute atomic E-state index is 0.131. The lowest BCUT2D eigenvalue weighted by Crippen LogP contribution is -2.62. The molecule has 6 bridgehead atoms. The highest BCUT2D eigenvalue weighted by molar-refractivity contribution is 5.98. The first-order chi connectivity index (χ1) is 36.6. The fraction of sp³-hybridized carbons (Fsp3) is 0.559. The number of carbonyl (C=O) groups is 5. The van der Waals surface area contributed by atoms with E-state index >= 15 is 0 Å². The molecule has 76 heavy (non-hydrogen) atoms. The molecule has 10 rings (SSSR count). The van der Waals surface area contributed by atoms with E-state index in [1.54, 1.807) is 23.1 Å². The van der Waals surface area contributed by atoms with Crippen molar-refractivity contribution in [2.45, 2.75) is 123 Å². The van der Waals surface area contributed by atoms with Gasteiger partial charge in [0.2, 0.25) is 11.8 Å². The largest absolute Gasteiger partial charge is 0.464 e. The smallest absolute Gasteiger partial charge is 0.324 e. The summed E-state index contributed by atoms with van der Waals surface area (Å²) in [6, 6.07) is 16.0. The highest BCUT2D eigenvalue weighted by atomic mass is 16.5. The topological polar surface area (TPSA) is 177 Å². The first-order valence-corrected chi connectivity index (χ1v) is 27.4. The Bertz CT molecular complexity index is 2940. The number of rotatable bonds is 9. The molecule has 0 radical (unpaired) electrons. The molecule has 2 N–H and O–H groups in total. The van der Waals surface area contributed by atoms with Crippen molar-refractivity contribution in [3.05, 3.63) is 77.6 Å². The van der Waals surface area contributed by atoms with E-state index in [0.717, 1.165) is 56.7 Å². The maximum Gasteiger partial charge on any atom is 0.324 e. The summed E-state index contributed by atoms with van der Waals surface area (Å²) in [4.78, 5) is 82.6. The molecule has 1 unspecified atom stereocenters. The number of ether oxygens (including phenoxy) is 4. The predicted molar refractivity (Wildman–Crippen MR) is 286 cm³/mol. The quantitative estimate of drug-likeness (QED) is 0.163. The van der Waals surface area contributed by atoms with Gasteiger partial charge in [0.25, 0.3) is 11.8 Å². The summed E-state index contributed by atoms with van der Waals surface area (Å²) < 4.78 is 25.5. The Balaban J connectivity index is 0.940. The number of esters is 1. The molecule has 1 spiro atoms. The first kappa shape index (κ1) is 53.2. The van der Waals surface area contributed by atoms with Crippen molar-refractivity contribution in [1.29, 1.82) is 0 Å². The summed E-state index contributed by atoms with van der Waals surface area (Å²) >= 11 is 0. The highest BCUT2D eigenvalue weighted by Gasteiger charge is 2.54.